The van der Waals surface area contributed by atoms with E-state index in [4.69, 9.17) is 31.0 Å². The summed E-state index contributed by atoms with van der Waals surface area (Å²) in [4.78, 5) is 23.9. The van der Waals surface area contributed by atoms with Gasteiger partial charge in [-0.1, -0.05) is 48.0 Å². The molecule has 0 atom stereocenters. The summed E-state index contributed by atoms with van der Waals surface area (Å²) in [6, 6.07) is 17.3. The summed E-state index contributed by atoms with van der Waals surface area (Å²) >= 11 is 6.16. The maximum atomic E-state index is 13.8. The van der Waals surface area contributed by atoms with E-state index < -0.39 is 17.6 Å². The van der Waals surface area contributed by atoms with E-state index in [1.807, 2.05) is 12.1 Å². The molecule has 2 aliphatic rings. The standard InChI is InChI=1S/C31H29ClF4N2O3.CH2O2/c32-29-21(4-3-5-26(29)31(34,35)36)19-38(22-10-11-22)30(39)25-18-37-15-14-24(25)20-8-12-23(13-9-20)40-16-17-41-28-7-2-1-6-27(28)33;2-1-3/h1-9,12-13,22,37H,10-11,14-19H2;1H,(H,2,3). The molecule has 0 aromatic heterocycles. The molecule has 0 bridgehead atoms. The van der Waals surface area contributed by atoms with Crippen molar-refractivity contribution in [3.8, 4) is 11.5 Å². The topological polar surface area (TPSA) is 88.1 Å². The van der Waals surface area contributed by atoms with Crippen molar-refractivity contribution >= 4 is 29.6 Å². The molecule has 0 radical (unpaired) electrons. The quantitative estimate of drug-likeness (QED) is 0.149. The van der Waals surface area contributed by atoms with Crippen molar-refractivity contribution in [3.63, 3.8) is 0 Å². The van der Waals surface area contributed by atoms with Gasteiger partial charge >= 0.3 is 6.18 Å². The van der Waals surface area contributed by atoms with Gasteiger partial charge in [0.05, 0.1) is 10.6 Å². The average Bonchev–Trinajstić information content (AvgIpc) is 3.85. The smallest absolute Gasteiger partial charge is 0.417 e. The predicted molar refractivity (Wildman–Crippen MR) is 157 cm³/mol. The fourth-order valence-electron chi connectivity index (χ4n) is 4.86. The largest absolute Gasteiger partial charge is 0.490 e. The third kappa shape index (κ3) is 8.51. The van der Waals surface area contributed by atoms with E-state index in [0.29, 0.717) is 30.8 Å². The number of benzene rings is 3. The molecule has 2 N–H and O–H groups in total. The van der Waals surface area contributed by atoms with Crippen LogP contribution in [0.2, 0.25) is 5.02 Å². The van der Waals surface area contributed by atoms with Gasteiger partial charge in [-0.15, -0.1) is 0 Å². The Kier molecular flexibility index (Phi) is 11.2. The monoisotopic (exact) mass is 634 g/mol. The van der Waals surface area contributed by atoms with E-state index in [1.54, 1.807) is 35.2 Å². The van der Waals surface area contributed by atoms with E-state index in [1.165, 1.54) is 18.2 Å². The SMILES string of the molecule is O=C(C1=C(c2ccc(OCCOc3ccccc3F)cc2)CCNC1)N(Cc1cccc(C(F)(F)F)c1Cl)C1CC1.O=CO. The molecule has 3 aromatic carbocycles. The van der Waals surface area contributed by atoms with E-state index in [0.717, 1.165) is 30.0 Å². The van der Waals surface area contributed by atoms with E-state index in [2.05, 4.69) is 5.32 Å². The fourth-order valence-corrected chi connectivity index (χ4v) is 5.16. The van der Waals surface area contributed by atoms with Crippen molar-refractivity contribution in [2.45, 2.75) is 38.0 Å². The second-order valence-electron chi connectivity index (χ2n) is 10.1. The minimum atomic E-state index is -4.58. The number of hydrogen-bond acceptors (Lipinski definition) is 5. The molecule has 1 aliphatic carbocycles. The average molecular weight is 635 g/mol. The molecule has 0 spiro atoms. The molecule has 234 valence electrons. The van der Waals surface area contributed by atoms with Gasteiger partial charge in [0.15, 0.2) is 11.6 Å². The Bertz CT molecular complexity index is 1480. The van der Waals surface area contributed by atoms with Crippen LogP contribution < -0.4 is 14.8 Å². The first-order valence-electron chi connectivity index (χ1n) is 13.9. The number of alkyl halides is 3. The van der Waals surface area contributed by atoms with Crippen LogP contribution in [0.25, 0.3) is 5.57 Å². The number of carbonyl (C=O) groups is 2. The van der Waals surface area contributed by atoms with Crippen LogP contribution in [0.1, 0.15) is 36.0 Å². The van der Waals surface area contributed by atoms with Crippen LogP contribution in [0.4, 0.5) is 17.6 Å². The molecule has 5 rings (SSSR count). The first-order valence-corrected chi connectivity index (χ1v) is 14.3. The number of para-hydroxylation sites is 1. The van der Waals surface area contributed by atoms with Gasteiger partial charge in [0.2, 0.25) is 0 Å². The Hall–Kier alpha value is -4.09. The summed E-state index contributed by atoms with van der Waals surface area (Å²) in [5.41, 5.74) is 1.73. The number of ether oxygens (including phenoxy) is 2. The molecule has 0 unspecified atom stereocenters. The van der Waals surface area contributed by atoms with E-state index in [-0.39, 0.29) is 54.5 Å². The van der Waals surface area contributed by atoms with Crippen LogP contribution >= 0.6 is 11.6 Å². The summed E-state index contributed by atoms with van der Waals surface area (Å²) in [5.74, 6) is 0.133. The highest BCUT2D eigenvalue weighted by Crippen LogP contribution is 2.38. The fraction of sp³-hybridized carbons (Fsp3) is 0.312. The lowest BCUT2D eigenvalue weighted by atomic mass is 9.93. The van der Waals surface area contributed by atoms with Gasteiger partial charge in [-0.25, -0.2) is 4.39 Å². The Morgan fingerprint density at radius 1 is 1.02 bits per heavy atom. The number of nitrogens with zero attached hydrogens (tertiary/aromatic N) is 1. The lowest BCUT2D eigenvalue weighted by Crippen LogP contribution is -2.39. The van der Waals surface area contributed by atoms with Crippen molar-refractivity contribution in [1.29, 1.82) is 0 Å². The van der Waals surface area contributed by atoms with Gasteiger partial charge in [0.1, 0.15) is 19.0 Å². The number of rotatable bonds is 10. The molecule has 7 nitrogen and oxygen atoms in total. The molecule has 12 heteroatoms. The van der Waals surface area contributed by atoms with Gasteiger partial charge in [-0.3, -0.25) is 9.59 Å². The van der Waals surface area contributed by atoms with Crippen molar-refractivity contribution in [2.75, 3.05) is 26.3 Å². The lowest BCUT2D eigenvalue weighted by molar-refractivity contribution is -0.137. The van der Waals surface area contributed by atoms with Crippen molar-refractivity contribution < 1.29 is 41.7 Å². The minimum absolute atomic E-state index is 0.00473. The van der Waals surface area contributed by atoms with E-state index in [9.17, 15) is 22.4 Å². The number of nitrogens with one attached hydrogen (secondary N) is 1. The predicted octanol–water partition coefficient (Wildman–Crippen LogP) is 6.59. The number of hydrogen-bond donors (Lipinski definition) is 2. The summed E-state index contributed by atoms with van der Waals surface area (Å²) in [5, 5.41) is 9.77. The Labute approximate surface area is 257 Å². The molecule has 44 heavy (non-hydrogen) atoms. The zero-order valence-corrected chi connectivity index (χ0v) is 24.3. The van der Waals surface area contributed by atoms with Crippen LogP contribution in [-0.2, 0) is 22.3 Å². The summed E-state index contributed by atoms with van der Waals surface area (Å²) in [6.45, 7) is 1.20. The lowest BCUT2D eigenvalue weighted by Gasteiger charge is -2.29. The van der Waals surface area contributed by atoms with Crippen LogP contribution in [0.15, 0.2) is 72.3 Å². The highest BCUT2D eigenvalue weighted by atomic mass is 35.5. The third-order valence-electron chi connectivity index (χ3n) is 7.10. The normalized spacial score (nSPS) is 14.8. The van der Waals surface area contributed by atoms with Crippen molar-refractivity contribution in [3.05, 3.63) is 99.8 Å². The first kappa shape index (κ1) is 32.8. The number of carbonyl (C=O) groups excluding carboxylic acids is 1. The van der Waals surface area contributed by atoms with Crippen LogP contribution in [0.3, 0.4) is 0 Å². The molecular formula is C32H31ClF4N2O5. The molecule has 1 heterocycles. The van der Waals surface area contributed by atoms with Gasteiger partial charge in [-0.05, 0) is 72.8 Å². The van der Waals surface area contributed by atoms with Crippen LogP contribution in [0, 0.1) is 5.82 Å². The van der Waals surface area contributed by atoms with Crippen molar-refractivity contribution in [1.82, 2.24) is 10.2 Å². The van der Waals surface area contributed by atoms with Crippen LogP contribution in [-0.4, -0.2) is 54.7 Å². The molecule has 1 amide bonds. The van der Waals surface area contributed by atoms with Gasteiger partial charge in [0, 0.05) is 24.7 Å². The first-order chi connectivity index (χ1) is 21.1. The molecule has 1 saturated carbocycles. The summed E-state index contributed by atoms with van der Waals surface area (Å²) < 4.78 is 65.1. The van der Waals surface area contributed by atoms with Crippen LogP contribution in [0.5, 0.6) is 11.5 Å². The Morgan fingerprint density at radius 2 is 1.70 bits per heavy atom. The molecule has 1 aliphatic heterocycles. The Morgan fingerprint density at radius 3 is 2.36 bits per heavy atom. The molecule has 0 saturated heterocycles. The van der Waals surface area contributed by atoms with Gasteiger partial charge in [0.25, 0.3) is 12.4 Å². The maximum Gasteiger partial charge on any atom is 0.417 e. The second kappa shape index (κ2) is 15.1. The zero-order chi connectivity index (χ0) is 31.7. The highest BCUT2D eigenvalue weighted by molar-refractivity contribution is 6.32. The van der Waals surface area contributed by atoms with Gasteiger partial charge < -0.3 is 24.8 Å². The molecule has 1 fully saturated rings. The third-order valence-corrected chi connectivity index (χ3v) is 7.54. The zero-order valence-electron chi connectivity index (χ0n) is 23.6. The van der Waals surface area contributed by atoms with Gasteiger partial charge in [-0.2, -0.15) is 13.2 Å². The molecular weight excluding hydrogens is 604 g/mol. The Balaban J connectivity index is 0.00000141. The number of amides is 1. The van der Waals surface area contributed by atoms with Crippen molar-refractivity contribution in [2.24, 2.45) is 0 Å². The second-order valence-corrected chi connectivity index (χ2v) is 10.5. The number of halogens is 5. The summed E-state index contributed by atoms with van der Waals surface area (Å²) in [7, 11) is 0. The van der Waals surface area contributed by atoms with E-state index >= 15 is 0 Å². The summed E-state index contributed by atoms with van der Waals surface area (Å²) in [6.07, 6.45) is -2.36. The minimum Gasteiger partial charge on any atom is -0.490 e. The highest BCUT2D eigenvalue weighted by Gasteiger charge is 2.38. The maximum absolute atomic E-state index is 13.8. The molecule has 3 aromatic rings. The number of carboxylic acid groups (broad SMARTS) is 1.